The van der Waals surface area contributed by atoms with E-state index in [9.17, 15) is 9.90 Å². The number of phenols is 1. The molecule has 1 fully saturated rings. The van der Waals surface area contributed by atoms with Crippen LogP contribution in [0.5, 0.6) is 5.75 Å². The summed E-state index contributed by atoms with van der Waals surface area (Å²) in [6.45, 7) is 5.67. The van der Waals surface area contributed by atoms with Crippen molar-refractivity contribution in [2.24, 2.45) is 0 Å². The molecule has 1 saturated heterocycles. The fourth-order valence-corrected chi connectivity index (χ4v) is 2.54. The highest BCUT2D eigenvalue weighted by atomic mass is 16.4. The number of carboxylic acids is 1. The Hall–Kier alpha value is -1.59. The van der Waals surface area contributed by atoms with Gasteiger partial charge < -0.3 is 15.1 Å². The van der Waals surface area contributed by atoms with Crippen LogP contribution >= 0.6 is 0 Å². The average Bonchev–Trinajstić information content (AvgIpc) is 2.40. The Morgan fingerprint density at radius 1 is 1.15 bits per heavy atom. The maximum Gasteiger partial charge on any atom is 0.303 e. The van der Waals surface area contributed by atoms with E-state index in [4.69, 9.17) is 5.11 Å². The Kier molecular flexibility index (Phi) is 5.38. The number of hydrogen-bond acceptors (Lipinski definition) is 4. The van der Waals surface area contributed by atoms with Gasteiger partial charge in [0.1, 0.15) is 5.75 Å². The maximum absolute atomic E-state index is 10.5. The van der Waals surface area contributed by atoms with Gasteiger partial charge in [-0.15, -0.1) is 0 Å². The summed E-state index contributed by atoms with van der Waals surface area (Å²) in [6.07, 6.45) is 0.978. The van der Waals surface area contributed by atoms with E-state index in [1.54, 1.807) is 12.1 Å². The molecular formula is C15H22N2O3. The molecule has 0 saturated carbocycles. The van der Waals surface area contributed by atoms with E-state index >= 15 is 0 Å². The molecular weight excluding hydrogens is 256 g/mol. The largest absolute Gasteiger partial charge is 0.508 e. The first kappa shape index (κ1) is 14.8. The van der Waals surface area contributed by atoms with Crippen molar-refractivity contribution in [3.05, 3.63) is 29.8 Å². The smallest absolute Gasteiger partial charge is 0.303 e. The normalized spacial score (nSPS) is 17.2. The average molecular weight is 278 g/mol. The highest BCUT2D eigenvalue weighted by Crippen LogP contribution is 2.14. The van der Waals surface area contributed by atoms with E-state index in [1.807, 2.05) is 12.1 Å². The van der Waals surface area contributed by atoms with Crippen LogP contribution in [-0.4, -0.2) is 58.7 Å². The number of carbonyl (C=O) groups is 1. The Balaban J connectivity index is 1.70. The molecule has 0 aromatic heterocycles. The van der Waals surface area contributed by atoms with Gasteiger partial charge in [0, 0.05) is 39.1 Å². The second-order valence-electron chi connectivity index (χ2n) is 5.28. The van der Waals surface area contributed by atoms with Gasteiger partial charge in [0.25, 0.3) is 0 Å². The van der Waals surface area contributed by atoms with Gasteiger partial charge in [-0.25, -0.2) is 0 Å². The van der Waals surface area contributed by atoms with Crippen molar-refractivity contribution in [1.82, 2.24) is 9.80 Å². The molecule has 0 unspecified atom stereocenters. The molecule has 1 aromatic carbocycles. The molecule has 0 atom stereocenters. The zero-order valence-electron chi connectivity index (χ0n) is 11.7. The summed E-state index contributed by atoms with van der Waals surface area (Å²) in [6, 6.07) is 7.38. The lowest BCUT2D eigenvalue weighted by atomic mass is 10.2. The van der Waals surface area contributed by atoms with Crippen LogP contribution < -0.4 is 0 Å². The Morgan fingerprint density at radius 3 is 2.50 bits per heavy atom. The summed E-state index contributed by atoms with van der Waals surface area (Å²) in [7, 11) is 0. The van der Waals surface area contributed by atoms with Crippen molar-refractivity contribution in [2.45, 2.75) is 19.4 Å². The first-order valence-corrected chi connectivity index (χ1v) is 7.08. The number of hydrogen-bond donors (Lipinski definition) is 2. The molecule has 1 aromatic rings. The molecule has 110 valence electrons. The van der Waals surface area contributed by atoms with Crippen LogP contribution in [0.25, 0.3) is 0 Å². The lowest BCUT2D eigenvalue weighted by Crippen LogP contribution is -2.46. The van der Waals surface area contributed by atoms with Gasteiger partial charge >= 0.3 is 5.97 Å². The zero-order chi connectivity index (χ0) is 14.4. The fraction of sp³-hybridized carbons (Fsp3) is 0.533. The minimum absolute atomic E-state index is 0.253. The van der Waals surface area contributed by atoms with E-state index in [-0.39, 0.29) is 6.42 Å². The standard InChI is InChI=1S/C15H22N2O3/c18-14-4-1-3-13(11-14)12-17-9-7-16(8-10-17)6-2-5-15(19)20/h1,3-4,11,18H,2,5-10,12H2,(H,19,20). The van der Waals surface area contributed by atoms with Gasteiger partial charge in [-0.1, -0.05) is 12.1 Å². The molecule has 1 aliphatic rings. The van der Waals surface area contributed by atoms with Crippen molar-refractivity contribution < 1.29 is 15.0 Å². The Labute approximate surface area is 119 Å². The summed E-state index contributed by atoms with van der Waals surface area (Å²) in [5, 5.41) is 18.1. The maximum atomic E-state index is 10.5. The molecule has 5 heteroatoms. The predicted octanol–water partition coefficient (Wildman–Crippen LogP) is 1.37. The third-order valence-corrected chi connectivity index (χ3v) is 3.65. The minimum atomic E-state index is -0.715. The van der Waals surface area contributed by atoms with E-state index in [1.165, 1.54) is 0 Å². The lowest BCUT2D eigenvalue weighted by Gasteiger charge is -2.34. The van der Waals surface area contributed by atoms with Crippen molar-refractivity contribution >= 4 is 5.97 Å². The monoisotopic (exact) mass is 278 g/mol. The molecule has 0 bridgehead atoms. The van der Waals surface area contributed by atoms with Crippen molar-refractivity contribution in [3.63, 3.8) is 0 Å². The first-order valence-electron chi connectivity index (χ1n) is 7.08. The number of nitrogens with zero attached hydrogens (tertiary/aromatic N) is 2. The third-order valence-electron chi connectivity index (χ3n) is 3.65. The van der Waals surface area contributed by atoms with Gasteiger partial charge in [-0.3, -0.25) is 9.69 Å². The van der Waals surface area contributed by atoms with Crippen molar-refractivity contribution in [2.75, 3.05) is 32.7 Å². The molecule has 0 spiro atoms. The predicted molar refractivity (Wildman–Crippen MR) is 76.7 cm³/mol. The number of benzene rings is 1. The number of carboxylic acid groups (broad SMARTS) is 1. The quantitative estimate of drug-likeness (QED) is 0.823. The topological polar surface area (TPSA) is 64.0 Å². The Bertz CT molecular complexity index is 442. The van der Waals surface area contributed by atoms with Crippen LogP contribution in [0.15, 0.2) is 24.3 Å². The highest BCUT2D eigenvalue weighted by Gasteiger charge is 2.16. The SMILES string of the molecule is O=C(O)CCCN1CCN(Cc2cccc(O)c2)CC1. The second kappa shape index (κ2) is 7.26. The van der Waals surface area contributed by atoms with Crippen LogP contribution in [0.1, 0.15) is 18.4 Å². The van der Waals surface area contributed by atoms with Crippen LogP contribution in [-0.2, 0) is 11.3 Å². The number of rotatable bonds is 6. The molecule has 1 heterocycles. The van der Waals surface area contributed by atoms with E-state index < -0.39 is 5.97 Å². The molecule has 2 rings (SSSR count). The molecule has 0 amide bonds. The molecule has 0 radical (unpaired) electrons. The lowest BCUT2D eigenvalue weighted by molar-refractivity contribution is -0.137. The summed E-state index contributed by atoms with van der Waals surface area (Å²) >= 11 is 0. The Morgan fingerprint density at radius 2 is 1.85 bits per heavy atom. The fourth-order valence-electron chi connectivity index (χ4n) is 2.54. The summed E-state index contributed by atoms with van der Waals surface area (Å²) in [5.41, 5.74) is 1.13. The molecule has 5 nitrogen and oxygen atoms in total. The van der Waals surface area contributed by atoms with Crippen LogP contribution in [0.3, 0.4) is 0 Å². The molecule has 20 heavy (non-hydrogen) atoms. The van der Waals surface area contributed by atoms with Gasteiger partial charge in [0.15, 0.2) is 0 Å². The van der Waals surface area contributed by atoms with Gasteiger partial charge in [0.2, 0.25) is 0 Å². The summed E-state index contributed by atoms with van der Waals surface area (Å²) in [4.78, 5) is 15.2. The van der Waals surface area contributed by atoms with Gasteiger partial charge in [0.05, 0.1) is 0 Å². The van der Waals surface area contributed by atoms with Crippen molar-refractivity contribution in [3.8, 4) is 5.75 Å². The second-order valence-corrected chi connectivity index (χ2v) is 5.28. The minimum Gasteiger partial charge on any atom is -0.508 e. The van der Waals surface area contributed by atoms with Crippen LogP contribution in [0.4, 0.5) is 0 Å². The number of aliphatic carboxylic acids is 1. The molecule has 2 N–H and O–H groups in total. The molecule has 1 aliphatic heterocycles. The summed E-state index contributed by atoms with van der Waals surface area (Å²) in [5.74, 6) is -0.401. The summed E-state index contributed by atoms with van der Waals surface area (Å²) < 4.78 is 0. The zero-order valence-corrected chi connectivity index (χ0v) is 11.7. The van der Waals surface area contributed by atoms with E-state index in [0.29, 0.717) is 5.75 Å². The van der Waals surface area contributed by atoms with Gasteiger partial charge in [-0.2, -0.15) is 0 Å². The van der Waals surface area contributed by atoms with Gasteiger partial charge in [-0.05, 0) is 30.7 Å². The van der Waals surface area contributed by atoms with E-state index in [2.05, 4.69) is 9.80 Å². The van der Waals surface area contributed by atoms with Crippen LogP contribution in [0.2, 0.25) is 0 Å². The van der Waals surface area contributed by atoms with Crippen LogP contribution in [0, 0.1) is 0 Å². The molecule has 0 aliphatic carbocycles. The first-order chi connectivity index (χ1) is 9.63. The van der Waals surface area contributed by atoms with Crippen molar-refractivity contribution in [1.29, 1.82) is 0 Å². The number of phenolic OH excluding ortho intramolecular Hbond substituents is 1. The number of piperazine rings is 1. The van der Waals surface area contributed by atoms with E-state index in [0.717, 1.165) is 51.3 Å². The number of aromatic hydroxyl groups is 1. The third kappa shape index (κ3) is 4.83. The highest BCUT2D eigenvalue weighted by molar-refractivity contribution is 5.66.